The first-order chi connectivity index (χ1) is 8.83. The van der Waals surface area contributed by atoms with Crippen LogP contribution in [-0.4, -0.2) is 6.04 Å². The van der Waals surface area contributed by atoms with E-state index in [4.69, 9.17) is 5.73 Å². The van der Waals surface area contributed by atoms with E-state index in [-0.39, 0.29) is 0 Å². The van der Waals surface area contributed by atoms with Crippen molar-refractivity contribution in [1.29, 1.82) is 0 Å². The number of hydrogen-bond donors (Lipinski definition) is 1. The summed E-state index contributed by atoms with van der Waals surface area (Å²) in [6.07, 6.45) is 11.3. The van der Waals surface area contributed by atoms with Crippen molar-refractivity contribution in [3.8, 4) is 0 Å². The topological polar surface area (TPSA) is 26.0 Å². The number of nitrogens with two attached hydrogens (primary N) is 1. The lowest BCUT2D eigenvalue weighted by molar-refractivity contribution is 0.511. The van der Waals surface area contributed by atoms with Gasteiger partial charge in [0.15, 0.2) is 0 Å². The molecular formula is C17H23N. The highest BCUT2D eigenvalue weighted by molar-refractivity contribution is 5.36. The van der Waals surface area contributed by atoms with Gasteiger partial charge in [0.2, 0.25) is 0 Å². The third kappa shape index (κ3) is 2.51. The molecule has 1 heteroatoms. The molecular weight excluding hydrogens is 218 g/mol. The lowest BCUT2D eigenvalue weighted by Gasteiger charge is -2.26. The molecule has 96 valence electrons. The molecule has 2 aliphatic rings. The molecule has 0 aliphatic heterocycles. The van der Waals surface area contributed by atoms with Gasteiger partial charge in [0.05, 0.1) is 0 Å². The minimum atomic E-state index is 0.406. The summed E-state index contributed by atoms with van der Waals surface area (Å²) in [7, 11) is 0. The molecule has 1 nitrogen and oxygen atoms in total. The summed E-state index contributed by atoms with van der Waals surface area (Å²) in [5.41, 5.74) is 10.8. The predicted molar refractivity (Wildman–Crippen MR) is 76.6 cm³/mol. The SMILES string of the molecule is NC1CCC/C(=C/C2CCCc3ccccc32)C1. The van der Waals surface area contributed by atoms with E-state index in [1.807, 2.05) is 0 Å². The Hall–Kier alpha value is -1.08. The van der Waals surface area contributed by atoms with Gasteiger partial charge in [-0.25, -0.2) is 0 Å². The molecule has 0 amide bonds. The first-order valence-corrected chi connectivity index (χ1v) is 7.36. The minimum Gasteiger partial charge on any atom is -0.327 e. The number of benzene rings is 1. The summed E-state index contributed by atoms with van der Waals surface area (Å²) in [5, 5.41) is 0. The number of rotatable bonds is 1. The standard InChI is InChI=1S/C17H23N/c18-16-9-3-5-13(12-16)11-15-8-4-7-14-6-1-2-10-17(14)15/h1-2,6,10-11,15-16H,3-5,7-9,12,18H2/b13-11-. The normalized spacial score (nSPS) is 30.2. The Labute approximate surface area is 110 Å². The van der Waals surface area contributed by atoms with Crippen molar-refractivity contribution in [1.82, 2.24) is 0 Å². The molecule has 2 atom stereocenters. The van der Waals surface area contributed by atoms with E-state index in [0.717, 1.165) is 6.42 Å². The van der Waals surface area contributed by atoms with Crippen LogP contribution >= 0.6 is 0 Å². The maximum atomic E-state index is 6.08. The number of allylic oxidation sites excluding steroid dienone is 1. The zero-order valence-corrected chi connectivity index (χ0v) is 11.1. The van der Waals surface area contributed by atoms with Crippen LogP contribution in [0.25, 0.3) is 0 Å². The molecule has 3 rings (SSSR count). The van der Waals surface area contributed by atoms with Crippen LogP contribution in [0.4, 0.5) is 0 Å². The van der Waals surface area contributed by atoms with Crippen molar-refractivity contribution >= 4 is 0 Å². The Balaban J connectivity index is 1.83. The van der Waals surface area contributed by atoms with Crippen LogP contribution in [-0.2, 0) is 6.42 Å². The summed E-state index contributed by atoms with van der Waals surface area (Å²) < 4.78 is 0. The fraction of sp³-hybridized carbons (Fsp3) is 0.529. The second-order valence-corrected chi connectivity index (χ2v) is 5.88. The molecule has 1 aromatic carbocycles. The van der Waals surface area contributed by atoms with Gasteiger partial charge in [0.1, 0.15) is 0 Å². The van der Waals surface area contributed by atoms with E-state index < -0.39 is 0 Å². The van der Waals surface area contributed by atoms with Crippen molar-refractivity contribution in [2.24, 2.45) is 5.73 Å². The van der Waals surface area contributed by atoms with Crippen molar-refractivity contribution in [3.63, 3.8) is 0 Å². The fourth-order valence-corrected chi connectivity index (χ4v) is 3.53. The summed E-state index contributed by atoms with van der Waals surface area (Å²) in [5.74, 6) is 0.648. The van der Waals surface area contributed by atoms with E-state index >= 15 is 0 Å². The highest BCUT2D eigenvalue weighted by Crippen LogP contribution is 2.35. The zero-order chi connectivity index (χ0) is 12.4. The van der Waals surface area contributed by atoms with Gasteiger partial charge in [0.25, 0.3) is 0 Å². The van der Waals surface area contributed by atoms with Gasteiger partial charge < -0.3 is 5.73 Å². The molecule has 0 heterocycles. The molecule has 0 radical (unpaired) electrons. The smallest absolute Gasteiger partial charge is 0.00761 e. The number of hydrogen-bond acceptors (Lipinski definition) is 1. The van der Waals surface area contributed by atoms with E-state index in [1.54, 1.807) is 16.7 Å². The summed E-state index contributed by atoms with van der Waals surface area (Å²) in [4.78, 5) is 0. The Morgan fingerprint density at radius 2 is 1.89 bits per heavy atom. The first-order valence-electron chi connectivity index (χ1n) is 7.36. The van der Waals surface area contributed by atoms with Gasteiger partial charge in [-0.3, -0.25) is 0 Å². The minimum absolute atomic E-state index is 0.406. The molecule has 2 N–H and O–H groups in total. The predicted octanol–water partition coefficient (Wildman–Crippen LogP) is 3.93. The molecule has 0 aromatic heterocycles. The maximum absolute atomic E-state index is 6.08. The van der Waals surface area contributed by atoms with E-state index in [0.29, 0.717) is 12.0 Å². The molecule has 1 fully saturated rings. The fourth-order valence-electron chi connectivity index (χ4n) is 3.53. The maximum Gasteiger partial charge on any atom is 0.00761 e. The van der Waals surface area contributed by atoms with Crippen LogP contribution < -0.4 is 5.73 Å². The molecule has 1 saturated carbocycles. The molecule has 18 heavy (non-hydrogen) atoms. The third-order valence-corrected chi connectivity index (χ3v) is 4.45. The average Bonchev–Trinajstić information content (AvgIpc) is 2.39. The molecule has 1 aromatic rings. The number of aryl methyl sites for hydroxylation is 1. The first kappa shape index (κ1) is 12.0. The average molecular weight is 241 g/mol. The summed E-state index contributed by atoms with van der Waals surface area (Å²) in [6, 6.07) is 9.38. The largest absolute Gasteiger partial charge is 0.327 e. The second kappa shape index (κ2) is 5.27. The van der Waals surface area contributed by atoms with Crippen LogP contribution in [0.1, 0.15) is 55.6 Å². The molecule has 0 spiro atoms. The molecule has 0 saturated heterocycles. The Kier molecular flexibility index (Phi) is 3.51. The molecule has 0 bridgehead atoms. The van der Waals surface area contributed by atoms with Crippen molar-refractivity contribution in [3.05, 3.63) is 47.0 Å². The van der Waals surface area contributed by atoms with Gasteiger partial charge in [-0.2, -0.15) is 0 Å². The van der Waals surface area contributed by atoms with Crippen molar-refractivity contribution < 1.29 is 0 Å². The Morgan fingerprint density at radius 1 is 1.06 bits per heavy atom. The van der Waals surface area contributed by atoms with Crippen LogP contribution in [0, 0.1) is 0 Å². The quantitative estimate of drug-likeness (QED) is 0.741. The Morgan fingerprint density at radius 3 is 2.78 bits per heavy atom. The van der Waals surface area contributed by atoms with Crippen LogP contribution in [0.5, 0.6) is 0 Å². The third-order valence-electron chi connectivity index (χ3n) is 4.45. The van der Waals surface area contributed by atoms with Gasteiger partial charge >= 0.3 is 0 Å². The zero-order valence-electron chi connectivity index (χ0n) is 11.1. The molecule has 2 aliphatic carbocycles. The van der Waals surface area contributed by atoms with Gasteiger partial charge in [-0.05, 0) is 56.1 Å². The van der Waals surface area contributed by atoms with Gasteiger partial charge in [-0.1, -0.05) is 35.9 Å². The van der Waals surface area contributed by atoms with Crippen LogP contribution in [0.3, 0.4) is 0 Å². The number of fused-ring (bicyclic) bond motifs is 1. The Bertz CT molecular complexity index is 447. The highest BCUT2D eigenvalue weighted by atomic mass is 14.6. The van der Waals surface area contributed by atoms with Crippen LogP contribution in [0.2, 0.25) is 0 Å². The summed E-state index contributed by atoms with van der Waals surface area (Å²) in [6.45, 7) is 0. The van der Waals surface area contributed by atoms with Gasteiger partial charge in [0, 0.05) is 12.0 Å². The van der Waals surface area contributed by atoms with Gasteiger partial charge in [-0.15, -0.1) is 0 Å². The van der Waals surface area contributed by atoms with E-state index in [1.165, 1.54) is 38.5 Å². The lowest BCUT2D eigenvalue weighted by Crippen LogP contribution is -2.24. The summed E-state index contributed by atoms with van der Waals surface area (Å²) >= 11 is 0. The van der Waals surface area contributed by atoms with E-state index in [2.05, 4.69) is 30.3 Å². The lowest BCUT2D eigenvalue weighted by atomic mass is 9.80. The van der Waals surface area contributed by atoms with Crippen LogP contribution in [0.15, 0.2) is 35.9 Å². The van der Waals surface area contributed by atoms with Crippen molar-refractivity contribution in [2.75, 3.05) is 0 Å². The highest BCUT2D eigenvalue weighted by Gasteiger charge is 2.20. The second-order valence-electron chi connectivity index (χ2n) is 5.88. The molecule has 2 unspecified atom stereocenters. The van der Waals surface area contributed by atoms with Crippen molar-refractivity contribution in [2.45, 2.75) is 56.9 Å². The van der Waals surface area contributed by atoms with E-state index in [9.17, 15) is 0 Å². The monoisotopic (exact) mass is 241 g/mol.